The average molecular weight is 473 g/mol. The van der Waals surface area contributed by atoms with Crippen LogP contribution in [0.2, 0.25) is 0 Å². The van der Waals surface area contributed by atoms with Gasteiger partial charge < -0.3 is 24.7 Å². The molecule has 180 valence electrons. The molecule has 35 heavy (non-hydrogen) atoms. The molecule has 0 aliphatic heterocycles. The highest BCUT2D eigenvalue weighted by Gasteiger charge is 2.19. The fourth-order valence-electron chi connectivity index (χ4n) is 3.93. The standard InChI is InChI=1S/C27H28N4O4/c1-5-31(2)27(33)21-12-17(10-11-23(21)30-25(32)16-34-3)18-13-20-22(15-29-26(20)28-14-18)19-8-6-7-9-24(19)35-4/h6-15H,5,16H2,1-4H3,(H,28,29)(H,30,32). The minimum atomic E-state index is -0.328. The van der Waals surface area contributed by atoms with E-state index in [1.54, 1.807) is 37.4 Å². The van der Waals surface area contributed by atoms with E-state index >= 15 is 0 Å². The van der Waals surface area contributed by atoms with E-state index < -0.39 is 0 Å². The Kier molecular flexibility index (Phi) is 7.12. The predicted octanol–water partition coefficient (Wildman–Crippen LogP) is 4.58. The molecule has 2 N–H and O–H groups in total. The van der Waals surface area contributed by atoms with Crippen molar-refractivity contribution in [3.05, 3.63) is 66.5 Å². The summed E-state index contributed by atoms with van der Waals surface area (Å²) < 4.78 is 10.5. The molecule has 8 nitrogen and oxygen atoms in total. The van der Waals surface area contributed by atoms with E-state index in [1.165, 1.54) is 7.11 Å². The number of carbonyl (C=O) groups is 2. The van der Waals surface area contributed by atoms with Crippen molar-refractivity contribution in [2.75, 3.05) is 39.7 Å². The molecule has 0 aliphatic carbocycles. The number of methoxy groups -OCH3 is 2. The first kappa shape index (κ1) is 24.0. The van der Waals surface area contributed by atoms with Gasteiger partial charge in [0.2, 0.25) is 5.91 Å². The zero-order valence-corrected chi connectivity index (χ0v) is 20.2. The molecule has 2 amide bonds. The number of hydrogen-bond donors (Lipinski definition) is 2. The Morgan fingerprint density at radius 1 is 1.06 bits per heavy atom. The number of fused-ring (bicyclic) bond motifs is 1. The van der Waals surface area contributed by atoms with Crippen LogP contribution in [0.4, 0.5) is 5.69 Å². The molecule has 0 aliphatic rings. The molecule has 0 saturated carbocycles. The zero-order chi connectivity index (χ0) is 24.9. The number of anilines is 1. The first-order valence-electron chi connectivity index (χ1n) is 11.3. The van der Waals surface area contributed by atoms with Crippen LogP contribution >= 0.6 is 0 Å². The van der Waals surface area contributed by atoms with Crippen molar-refractivity contribution in [3.8, 4) is 28.0 Å². The van der Waals surface area contributed by atoms with Gasteiger partial charge in [-0.2, -0.15) is 0 Å². The van der Waals surface area contributed by atoms with Crippen molar-refractivity contribution >= 4 is 28.5 Å². The number of nitrogens with zero attached hydrogens (tertiary/aromatic N) is 2. The van der Waals surface area contributed by atoms with Crippen molar-refractivity contribution in [1.82, 2.24) is 14.9 Å². The Morgan fingerprint density at radius 3 is 2.60 bits per heavy atom. The maximum atomic E-state index is 13.1. The fourth-order valence-corrected chi connectivity index (χ4v) is 3.93. The quantitative estimate of drug-likeness (QED) is 0.391. The Labute approximate surface area is 203 Å². The number of amides is 2. The number of aromatic amines is 1. The second kappa shape index (κ2) is 10.4. The maximum absolute atomic E-state index is 13.1. The lowest BCUT2D eigenvalue weighted by Crippen LogP contribution is -2.28. The molecule has 0 unspecified atom stereocenters. The van der Waals surface area contributed by atoms with E-state index in [9.17, 15) is 9.59 Å². The minimum Gasteiger partial charge on any atom is -0.496 e. The van der Waals surface area contributed by atoms with Crippen LogP contribution in [0.5, 0.6) is 5.75 Å². The van der Waals surface area contributed by atoms with Gasteiger partial charge in [-0.3, -0.25) is 9.59 Å². The first-order chi connectivity index (χ1) is 17.0. The van der Waals surface area contributed by atoms with Crippen LogP contribution in [0.15, 0.2) is 60.9 Å². The molecule has 0 radical (unpaired) electrons. The van der Waals surface area contributed by atoms with E-state index in [4.69, 9.17) is 9.47 Å². The first-order valence-corrected chi connectivity index (χ1v) is 11.3. The van der Waals surface area contributed by atoms with Crippen molar-refractivity contribution in [2.45, 2.75) is 6.92 Å². The van der Waals surface area contributed by atoms with Gasteiger partial charge in [-0.25, -0.2) is 4.98 Å². The summed E-state index contributed by atoms with van der Waals surface area (Å²) in [4.78, 5) is 34.7. The third kappa shape index (κ3) is 4.88. The van der Waals surface area contributed by atoms with Crippen molar-refractivity contribution in [3.63, 3.8) is 0 Å². The second-order valence-corrected chi connectivity index (χ2v) is 8.08. The van der Waals surface area contributed by atoms with Gasteiger partial charge in [-0.05, 0) is 36.8 Å². The molecule has 0 atom stereocenters. The zero-order valence-electron chi connectivity index (χ0n) is 20.2. The van der Waals surface area contributed by atoms with Crippen LogP contribution in [-0.4, -0.2) is 61.1 Å². The van der Waals surface area contributed by atoms with Crippen LogP contribution in [0, 0.1) is 0 Å². The molecule has 0 fully saturated rings. The lowest BCUT2D eigenvalue weighted by atomic mass is 9.99. The highest BCUT2D eigenvalue weighted by atomic mass is 16.5. The highest BCUT2D eigenvalue weighted by Crippen LogP contribution is 2.36. The molecule has 2 aromatic carbocycles. The van der Waals surface area contributed by atoms with Crippen LogP contribution < -0.4 is 10.1 Å². The summed E-state index contributed by atoms with van der Waals surface area (Å²) in [6.45, 7) is 2.33. The molecular formula is C27H28N4O4. The van der Waals surface area contributed by atoms with Crippen molar-refractivity contribution in [2.24, 2.45) is 0 Å². The molecule has 2 heterocycles. The van der Waals surface area contributed by atoms with E-state index in [-0.39, 0.29) is 18.4 Å². The Balaban J connectivity index is 1.80. The number of nitrogens with one attached hydrogen (secondary N) is 2. The number of aromatic nitrogens is 2. The van der Waals surface area contributed by atoms with Gasteiger partial charge in [0, 0.05) is 55.2 Å². The molecule has 4 aromatic rings. The van der Waals surface area contributed by atoms with Gasteiger partial charge >= 0.3 is 0 Å². The van der Waals surface area contributed by atoms with Gasteiger partial charge in [0.25, 0.3) is 5.91 Å². The average Bonchev–Trinajstić information content (AvgIpc) is 3.31. The normalized spacial score (nSPS) is 10.9. The molecule has 0 bridgehead atoms. The second-order valence-electron chi connectivity index (χ2n) is 8.08. The summed E-state index contributed by atoms with van der Waals surface area (Å²) in [6, 6.07) is 15.2. The SMILES string of the molecule is CCN(C)C(=O)c1cc(-c2cnc3[nH]cc(-c4ccccc4OC)c3c2)ccc1NC(=O)COC. The number of benzene rings is 2. The number of hydrogen-bond acceptors (Lipinski definition) is 5. The van der Waals surface area contributed by atoms with Gasteiger partial charge in [-0.15, -0.1) is 0 Å². The van der Waals surface area contributed by atoms with E-state index in [1.807, 2.05) is 49.5 Å². The molecule has 4 rings (SSSR count). The van der Waals surface area contributed by atoms with E-state index in [0.29, 0.717) is 17.8 Å². The third-order valence-corrected chi connectivity index (χ3v) is 5.88. The summed E-state index contributed by atoms with van der Waals surface area (Å²) >= 11 is 0. The van der Waals surface area contributed by atoms with Crippen molar-refractivity contribution < 1.29 is 19.1 Å². The summed E-state index contributed by atoms with van der Waals surface area (Å²) in [5.74, 6) is 0.253. The van der Waals surface area contributed by atoms with E-state index in [0.717, 1.165) is 39.0 Å². The molecular weight excluding hydrogens is 444 g/mol. The number of rotatable bonds is 8. The Hall–Kier alpha value is -4.17. The lowest BCUT2D eigenvalue weighted by Gasteiger charge is -2.18. The van der Waals surface area contributed by atoms with Crippen LogP contribution in [0.25, 0.3) is 33.3 Å². The summed E-state index contributed by atoms with van der Waals surface area (Å²) in [6.07, 6.45) is 3.68. The number of para-hydroxylation sites is 1. The summed E-state index contributed by atoms with van der Waals surface area (Å²) in [5, 5.41) is 3.71. The largest absolute Gasteiger partial charge is 0.496 e. The molecule has 0 saturated heterocycles. The number of ether oxygens (including phenoxy) is 2. The number of H-pyrrole nitrogens is 1. The predicted molar refractivity (Wildman–Crippen MR) is 137 cm³/mol. The van der Waals surface area contributed by atoms with Crippen LogP contribution in [-0.2, 0) is 9.53 Å². The summed E-state index contributed by atoms with van der Waals surface area (Å²) in [5.41, 5.74) is 5.16. The lowest BCUT2D eigenvalue weighted by molar-refractivity contribution is -0.119. The number of pyridine rings is 1. The smallest absolute Gasteiger partial charge is 0.255 e. The third-order valence-electron chi connectivity index (χ3n) is 5.88. The molecule has 8 heteroatoms. The minimum absolute atomic E-state index is 0.0984. The van der Waals surface area contributed by atoms with Crippen LogP contribution in [0.3, 0.4) is 0 Å². The Morgan fingerprint density at radius 2 is 1.86 bits per heavy atom. The Bertz CT molecular complexity index is 1380. The van der Waals surface area contributed by atoms with Gasteiger partial charge in [-0.1, -0.05) is 24.3 Å². The topological polar surface area (TPSA) is 96.5 Å². The maximum Gasteiger partial charge on any atom is 0.255 e. The summed E-state index contributed by atoms with van der Waals surface area (Å²) in [7, 11) is 4.82. The van der Waals surface area contributed by atoms with E-state index in [2.05, 4.69) is 15.3 Å². The molecule has 0 spiro atoms. The monoisotopic (exact) mass is 472 g/mol. The highest BCUT2D eigenvalue weighted by molar-refractivity contribution is 6.05. The van der Waals surface area contributed by atoms with Gasteiger partial charge in [0.15, 0.2) is 0 Å². The number of carbonyl (C=O) groups excluding carboxylic acids is 2. The fraction of sp³-hybridized carbons (Fsp3) is 0.222. The van der Waals surface area contributed by atoms with Crippen molar-refractivity contribution in [1.29, 1.82) is 0 Å². The van der Waals surface area contributed by atoms with Gasteiger partial charge in [0.05, 0.1) is 18.4 Å². The molecule has 2 aromatic heterocycles. The van der Waals surface area contributed by atoms with Gasteiger partial charge in [0.1, 0.15) is 18.0 Å². The van der Waals surface area contributed by atoms with Crippen LogP contribution in [0.1, 0.15) is 17.3 Å².